The van der Waals surface area contributed by atoms with Gasteiger partial charge in [-0.25, -0.2) is 4.39 Å². The van der Waals surface area contributed by atoms with Crippen molar-refractivity contribution in [1.82, 2.24) is 10.2 Å². The van der Waals surface area contributed by atoms with Crippen molar-refractivity contribution in [3.8, 4) is 0 Å². The van der Waals surface area contributed by atoms with Crippen molar-refractivity contribution in [2.24, 2.45) is 0 Å². The number of piperazine rings is 1. The van der Waals surface area contributed by atoms with Crippen LogP contribution in [-0.2, 0) is 19.1 Å². The number of carbonyl (C=O) groups is 2. The zero-order valence-electron chi connectivity index (χ0n) is 16.4. The van der Waals surface area contributed by atoms with Gasteiger partial charge in [-0.05, 0) is 17.7 Å². The van der Waals surface area contributed by atoms with Crippen LogP contribution >= 0.6 is 0 Å². The topological polar surface area (TPSA) is 71.1 Å². The molecule has 2 saturated heterocycles. The number of rotatable bonds is 7. The lowest BCUT2D eigenvalue weighted by Crippen LogP contribution is -2.47. The van der Waals surface area contributed by atoms with Crippen LogP contribution in [0, 0.1) is 5.82 Å². The molecule has 0 saturated carbocycles. The Balaban J connectivity index is 1.60. The lowest BCUT2D eigenvalue weighted by molar-refractivity contribution is -0.142. The van der Waals surface area contributed by atoms with E-state index in [-0.39, 0.29) is 30.3 Å². The van der Waals surface area contributed by atoms with E-state index in [2.05, 4.69) is 10.2 Å². The SMILES string of the molecule is COCCN1CCN(c2ccc([C@H]3CC(CNC(C)=O)OC3=O)cc2F)CC1. The second kappa shape index (κ2) is 9.34. The molecule has 3 rings (SSSR count). The van der Waals surface area contributed by atoms with Gasteiger partial charge in [0, 0.05) is 53.2 Å². The molecular formula is C20H28FN3O4. The third kappa shape index (κ3) is 4.99. The van der Waals surface area contributed by atoms with Crippen molar-refractivity contribution >= 4 is 17.6 Å². The summed E-state index contributed by atoms with van der Waals surface area (Å²) < 4.78 is 25.2. The van der Waals surface area contributed by atoms with Crippen molar-refractivity contribution in [3.05, 3.63) is 29.6 Å². The molecule has 7 nitrogen and oxygen atoms in total. The van der Waals surface area contributed by atoms with E-state index in [4.69, 9.17) is 9.47 Å². The fraction of sp³-hybridized carbons (Fsp3) is 0.600. The predicted octanol–water partition coefficient (Wildman–Crippen LogP) is 1.13. The lowest BCUT2D eigenvalue weighted by Gasteiger charge is -2.36. The highest BCUT2D eigenvalue weighted by Gasteiger charge is 2.36. The maximum atomic E-state index is 14.8. The monoisotopic (exact) mass is 393 g/mol. The maximum Gasteiger partial charge on any atom is 0.313 e. The van der Waals surface area contributed by atoms with Crippen molar-refractivity contribution in [3.63, 3.8) is 0 Å². The van der Waals surface area contributed by atoms with Gasteiger partial charge in [0.05, 0.1) is 24.8 Å². The number of benzene rings is 1. The predicted molar refractivity (Wildman–Crippen MR) is 103 cm³/mol. The smallest absolute Gasteiger partial charge is 0.313 e. The second-order valence-corrected chi connectivity index (χ2v) is 7.32. The van der Waals surface area contributed by atoms with Crippen LogP contribution < -0.4 is 10.2 Å². The molecule has 2 heterocycles. The number of halogens is 1. The average Bonchev–Trinajstić information content (AvgIpc) is 3.06. The van der Waals surface area contributed by atoms with Gasteiger partial charge in [-0.3, -0.25) is 14.5 Å². The van der Waals surface area contributed by atoms with Gasteiger partial charge >= 0.3 is 5.97 Å². The maximum absolute atomic E-state index is 14.8. The van der Waals surface area contributed by atoms with E-state index in [1.165, 1.54) is 13.0 Å². The highest BCUT2D eigenvalue weighted by molar-refractivity contribution is 5.80. The molecule has 0 spiro atoms. The quantitative estimate of drug-likeness (QED) is 0.701. The molecule has 1 aromatic carbocycles. The fourth-order valence-electron chi connectivity index (χ4n) is 3.74. The molecule has 28 heavy (non-hydrogen) atoms. The zero-order valence-corrected chi connectivity index (χ0v) is 16.4. The Morgan fingerprint density at radius 2 is 2.07 bits per heavy atom. The first kappa shape index (κ1) is 20.5. The molecule has 154 valence electrons. The number of amides is 1. The first-order valence-corrected chi connectivity index (χ1v) is 9.68. The lowest BCUT2D eigenvalue weighted by atomic mass is 9.95. The van der Waals surface area contributed by atoms with E-state index in [9.17, 15) is 14.0 Å². The molecule has 1 unspecified atom stereocenters. The first-order valence-electron chi connectivity index (χ1n) is 9.68. The van der Waals surface area contributed by atoms with Gasteiger partial charge in [-0.1, -0.05) is 6.07 Å². The molecule has 0 aromatic heterocycles. The highest BCUT2D eigenvalue weighted by Crippen LogP contribution is 2.33. The Bertz CT molecular complexity index is 707. The average molecular weight is 393 g/mol. The molecule has 2 aliphatic rings. The van der Waals surface area contributed by atoms with E-state index >= 15 is 0 Å². The van der Waals surface area contributed by atoms with Gasteiger partial charge in [0.1, 0.15) is 11.9 Å². The summed E-state index contributed by atoms with van der Waals surface area (Å²) in [5.74, 6) is -1.35. The van der Waals surface area contributed by atoms with Gasteiger partial charge in [-0.15, -0.1) is 0 Å². The standard InChI is InChI=1S/C20H28FN3O4/c1-14(25)22-13-16-12-17(20(26)28-16)15-3-4-19(18(21)11-15)24-7-5-23(6-8-24)9-10-27-2/h3-4,11,16-17H,5-10,12-13H2,1-2H3,(H,22,25)/t16?,17-/m1/s1. The minimum absolute atomic E-state index is 0.169. The van der Waals surface area contributed by atoms with Crippen LogP contribution in [0.3, 0.4) is 0 Å². The van der Waals surface area contributed by atoms with Gasteiger partial charge in [0.15, 0.2) is 0 Å². The van der Waals surface area contributed by atoms with E-state index in [1.807, 2.05) is 11.0 Å². The number of ether oxygens (including phenoxy) is 2. The van der Waals surface area contributed by atoms with Crippen LogP contribution in [0.4, 0.5) is 10.1 Å². The minimum Gasteiger partial charge on any atom is -0.460 e. The van der Waals surface area contributed by atoms with Crippen LogP contribution in [0.2, 0.25) is 0 Å². The molecular weight excluding hydrogens is 365 g/mol. The Kier molecular flexibility index (Phi) is 6.85. The molecule has 1 amide bonds. The third-order valence-corrected chi connectivity index (χ3v) is 5.34. The summed E-state index contributed by atoms with van der Waals surface area (Å²) in [5.41, 5.74) is 1.19. The molecule has 8 heteroatoms. The van der Waals surface area contributed by atoms with E-state index in [0.29, 0.717) is 24.3 Å². The van der Waals surface area contributed by atoms with Crippen LogP contribution in [-0.4, -0.2) is 75.9 Å². The molecule has 2 aliphatic heterocycles. The van der Waals surface area contributed by atoms with Gasteiger partial charge in [-0.2, -0.15) is 0 Å². The molecule has 1 aromatic rings. The Hall–Kier alpha value is -2.19. The third-order valence-electron chi connectivity index (χ3n) is 5.34. The fourth-order valence-corrected chi connectivity index (χ4v) is 3.74. The van der Waals surface area contributed by atoms with E-state index in [1.54, 1.807) is 13.2 Å². The first-order chi connectivity index (χ1) is 13.5. The number of hydrogen-bond donors (Lipinski definition) is 1. The van der Waals surface area contributed by atoms with E-state index in [0.717, 1.165) is 32.7 Å². The molecule has 2 fully saturated rings. The number of hydrogen-bond acceptors (Lipinski definition) is 6. The number of carbonyl (C=O) groups excluding carboxylic acids is 2. The summed E-state index contributed by atoms with van der Waals surface area (Å²) in [4.78, 5) is 27.5. The van der Waals surface area contributed by atoms with Crippen LogP contribution in [0.5, 0.6) is 0 Å². The molecule has 0 radical (unpaired) electrons. The summed E-state index contributed by atoms with van der Waals surface area (Å²) in [7, 11) is 1.69. The largest absolute Gasteiger partial charge is 0.460 e. The Morgan fingerprint density at radius 3 is 2.71 bits per heavy atom. The van der Waals surface area contributed by atoms with Gasteiger partial charge in [0.25, 0.3) is 0 Å². The number of anilines is 1. The number of cyclic esters (lactones) is 1. The summed E-state index contributed by atoms with van der Waals surface area (Å²) in [5, 5.41) is 2.65. The van der Waals surface area contributed by atoms with E-state index < -0.39 is 5.92 Å². The number of nitrogens with one attached hydrogen (secondary N) is 1. The second-order valence-electron chi connectivity index (χ2n) is 7.32. The van der Waals surface area contributed by atoms with Gasteiger partial charge < -0.3 is 19.7 Å². The zero-order chi connectivity index (χ0) is 20.1. The highest BCUT2D eigenvalue weighted by atomic mass is 19.1. The van der Waals surface area contributed by atoms with Crippen molar-refractivity contribution < 1.29 is 23.5 Å². The normalized spacial score (nSPS) is 23.0. The molecule has 2 atom stereocenters. The number of nitrogens with zero attached hydrogens (tertiary/aromatic N) is 2. The summed E-state index contributed by atoms with van der Waals surface area (Å²) in [6.07, 6.45) is 0.0695. The Labute approximate surface area is 164 Å². The van der Waals surface area contributed by atoms with Gasteiger partial charge in [0.2, 0.25) is 5.91 Å². The number of methoxy groups -OCH3 is 1. The van der Waals surface area contributed by atoms with Crippen molar-refractivity contribution in [1.29, 1.82) is 0 Å². The van der Waals surface area contributed by atoms with Crippen molar-refractivity contribution in [2.45, 2.75) is 25.4 Å². The molecule has 0 bridgehead atoms. The molecule has 0 aliphatic carbocycles. The molecule has 1 N–H and O–H groups in total. The van der Waals surface area contributed by atoms with Crippen molar-refractivity contribution in [2.75, 3.05) is 57.9 Å². The van der Waals surface area contributed by atoms with Crippen LogP contribution in [0.25, 0.3) is 0 Å². The summed E-state index contributed by atoms with van der Waals surface area (Å²) in [6.45, 7) is 6.52. The van der Waals surface area contributed by atoms with Crippen LogP contribution in [0.15, 0.2) is 18.2 Å². The summed E-state index contributed by atoms with van der Waals surface area (Å²) in [6, 6.07) is 5.01. The van der Waals surface area contributed by atoms with Crippen LogP contribution in [0.1, 0.15) is 24.8 Å². The summed E-state index contributed by atoms with van der Waals surface area (Å²) >= 11 is 0. The number of esters is 1. The Morgan fingerprint density at radius 1 is 1.32 bits per heavy atom. The minimum atomic E-state index is -0.492.